The molecule has 0 spiro atoms. The molecule has 0 aromatic carbocycles. The van der Waals surface area contributed by atoms with Gasteiger partial charge in [-0.25, -0.2) is 8.42 Å². The number of nitrogens with zero attached hydrogens (tertiary/aromatic N) is 1. The largest absolute Gasteiger partial charge is 0.314 e. The fourth-order valence-corrected chi connectivity index (χ4v) is 3.93. The first kappa shape index (κ1) is 15.0. The third kappa shape index (κ3) is 5.22. The van der Waals surface area contributed by atoms with E-state index in [2.05, 4.69) is 5.32 Å². The highest BCUT2D eigenvalue weighted by atomic mass is 32.2. The summed E-state index contributed by atoms with van der Waals surface area (Å²) in [6.45, 7) is 1.43. The molecule has 1 aromatic heterocycles. The van der Waals surface area contributed by atoms with E-state index in [0.717, 1.165) is 24.3 Å². The van der Waals surface area contributed by atoms with Gasteiger partial charge in [0, 0.05) is 24.5 Å². The Morgan fingerprint density at radius 2 is 2.21 bits per heavy atom. The summed E-state index contributed by atoms with van der Waals surface area (Å²) in [6, 6.07) is 4.62. The number of sulfonamides is 1. The van der Waals surface area contributed by atoms with E-state index in [0.29, 0.717) is 12.6 Å². The Morgan fingerprint density at radius 3 is 2.84 bits per heavy atom. The second-order valence-corrected chi connectivity index (χ2v) is 8.31. The Morgan fingerprint density at radius 1 is 1.42 bits per heavy atom. The molecule has 108 valence electrons. The van der Waals surface area contributed by atoms with Gasteiger partial charge in [0.2, 0.25) is 10.0 Å². The van der Waals surface area contributed by atoms with Crippen LogP contribution in [0.5, 0.6) is 0 Å². The van der Waals surface area contributed by atoms with Gasteiger partial charge in [0.1, 0.15) is 0 Å². The molecule has 1 aliphatic rings. The maximum absolute atomic E-state index is 12.1. The van der Waals surface area contributed by atoms with Gasteiger partial charge in [0.15, 0.2) is 0 Å². The zero-order valence-corrected chi connectivity index (χ0v) is 13.0. The number of nitrogens with one attached hydrogen (secondary N) is 1. The van der Waals surface area contributed by atoms with Crippen LogP contribution in [-0.2, 0) is 16.6 Å². The van der Waals surface area contributed by atoms with E-state index in [4.69, 9.17) is 0 Å². The maximum Gasteiger partial charge on any atom is 0.214 e. The highest BCUT2D eigenvalue weighted by molar-refractivity contribution is 7.89. The van der Waals surface area contributed by atoms with Crippen LogP contribution in [0.3, 0.4) is 0 Å². The molecule has 1 aliphatic carbocycles. The summed E-state index contributed by atoms with van der Waals surface area (Å²) in [6.07, 6.45) is 4.23. The first-order valence-electron chi connectivity index (χ1n) is 6.78. The predicted molar refractivity (Wildman–Crippen MR) is 79.8 cm³/mol. The van der Waals surface area contributed by atoms with Crippen LogP contribution in [-0.4, -0.2) is 38.1 Å². The molecule has 0 bridgehead atoms. The maximum atomic E-state index is 12.1. The lowest BCUT2D eigenvalue weighted by Crippen LogP contribution is -2.29. The van der Waals surface area contributed by atoms with Gasteiger partial charge in [-0.3, -0.25) is 0 Å². The SMILES string of the molecule is CN(Cc1cccs1)S(=O)(=O)CCCCNC1CC1. The molecule has 0 atom stereocenters. The van der Waals surface area contributed by atoms with Crippen molar-refractivity contribution in [2.75, 3.05) is 19.3 Å². The molecule has 1 N–H and O–H groups in total. The third-order valence-corrected chi connectivity index (χ3v) is 6.02. The summed E-state index contributed by atoms with van der Waals surface area (Å²) in [5, 5.41) is 5.37. The van der Waals surface area contributed by atoms with E-state index in [-0.39, 0.29) is 5.75 Å². The molecule has 2 rings (SSSR count). The minimum atomic E-state index is -3.11. The first-order chi connectivity index (χ1) is 9.08. The van der Waals surface area contributed by atoms with Crippen LogP contribution in [0.4, 0.5) is 0 Å². The van der Waals surface area contributed by atoms with Crippen LogP contribution in [0.25, 0.3) is 0 Å². The van der Waals surface area contributed by atoms with Gasteiger partial charge < -0.3 is 5.32 Å². The summed E-state index contributed by atoms with van der Waals surface area (Å²) >= 11 is 1.59. The van der Waals surface area contributed by atoms with E-state index in [1.165, 1.54) is 17.1 Å². The minimum absolute atomic E-state index is 0.251. The van der Waals surface area contributed by atoms with Crippen LogP contribution in [0.1, 0.15) is 30.6 Å². The predicted octanol–water partition coefficient (Wildman–Crippen LogP) is 2.04. The number of hydrogen-bond donors (Lipinski definition) is 1. The zero-order valence-electron chi connectivity index (χ0n) is 11.3. The molecule has 0 radical (unpaired) electrons. The van der Waals surface area contributed by atoms with Gasteiger partial charge in [-0.05, 0) is 43.7 Å². The molecule has 1 heterocycles. The molecule has 1 saturated carbocycles. The third-order valence-electron chi connectivity index (χ3n) is 3.27. The fourth-order valence-electron chi connectivity index (χ4n) is 1.88. The summed E-state index contributed by atoms with van der Waals surface area (Å²) in [5.74, 6) is 0.251. The van der Waals surface area contributed by atoms with Crippen LogP contribution in [0, 0.1) is 0 Å². The van der Waals surface area contributed by atoms with Gasteiger partial charge in [0.05, 0.1) is 5.75 Å². The molecule has 19 heavy (non-hydrogen) atoms. The Bertz CT molecular complexity index is 467. The number of unbranched alkanes of at least 4 members (excludes halogenated alkanes) is 1. The Hall–Kier alpha value is -0.430. The quantitative estimate of drug-likeness (QED) is 0.710. The lowest BCUT2D eigenvalue weighted by molar-refractivity contribution is 0.467. The van der Waals surface area contributed by atoms with Crippen LogP contribution in [0.15, 0.2) is 17.5 Å². The molecule has 0 unspecified atom stereocenters. The van der Waals surface area contributed by atoms with Gasteiger partial charge in [0.25, 0.3) is 0 Å². The van der Waals surface area contributed by atoms with Crippen molar-refractivity contribution in [1.82, 2.24) is 9.62 Å². The topological polar surface area (TPSA) is 49.4 Å². The summed E-state index contributed by atoms with van der Waals surface area (Å²) in [7, 11) is -1.45. The summed E-state index contributed by atoms with van der Waals surface area (Å²) < 4.78 is 25.6. The smallest absolute Gasteiger partial charge is 0.214 e. The fraction of sp³-hybridized carbons (Fsp3) is 0.692. The summed E-state index contributed by atoms with van der Waals surface area (Å²) in [5.41, 5.74) is 0. The Balaban J connectivity index is 1.67. The molecule has 0 aliphatic heterocycles. The van der Waals surface area contributed by atoms with Crippen LogP contribution in [0.2, 0.25) is 0 Å². The standard InChI is InChI=1S/C13H22N2O2S2/c1-15(11-13-5-4-9-18-13)19(16,17)10-3-2-8-14-12-6-7-12/h4-5,9,12,14H,2-3,6-8,10-11H2,1H3. The second-order valence-electron chi connectivity index (χ2n) is 5.09. The average Bonchev–Trinajstić information content (AvgIpc) is 3.04. The van der Waals surface area contributed by atoms with E-state index in [9.17, 15) is 8.42 Å². The van der Waals surface area contributed by atoms with Crippen molar-refractivity contribution in [1.29, 1.82) is 0 Å². The lowest BCUT2D eigenvalue weighted by Gasteiger charge is -2.16. The van der Waals surface area contributed by atoms with Crippen molar-refractivity contribution in [3.05, 3.63) is 22.4 Å². The van der Waals surface area contributed by atoms with Crippen molar-refractivity contribution in [2.24, 2.45) is 0 Å². The number of rotatable bonds is 9. The minimum Gasteiger partial charge on any atom is -0.314 e. The van der Waals surface area contributed by atoms with Crippen LogP contribution < -0.4 is 5.32 Å². The number of hydrogen-bond acceptors (Lipinski definition) is 4. The monoisotopic (exact) mass is 302 g/mol. The highest BCUT2D eigenvalue weighted by Crippen LogP contribution is 2.18. The zero-order chi connectivity index (χ0) is 13.7. The molecule has 4 nitrogen and oxygen atoms in total. The van der Waals surface area contributed by atoms with E-state index in [1.807, 2.05) is 17.5 Å². The first-order valence-corrected chi connectivity index (χ1v) is 9.26. The molecule has 1 aromatic rings. The normalized spacial score (nSPS) is 16.1. The second kappa shape index (κ2) is 6.83. The van der Waals surface area contributed by atoms with Gasteiger partial charge >= 0.3 is 0 Å². The van der Waals surface area contributed by atoms with Crippen molar-refractivity contribution >= 4 is 21.4 Å². The molecular weight excluding hydrogens is 280 g/mol. The van der Waals surface area contributed by atoms with E-state index >= 15 is 0 Å². The van der Waals surface area contributed by atoms with Crippen molar-refractivity contribution in [3.63, 3.8) is 0 Å². The van der Waals surface area contributed by atoms with Crippen molar-refractivity contribution in [3.8, 4) is 0 Å². The van der Waals surface area contributed by atoms with E-state index < -0.39 is 10.0 Å². The van der Waals surface area contributed by atoms with Crippen LogP contribution >= 0.6 is 11.3 Å². The molecule has 0 amide bonds. The average molecular weight is 302 g/mol. The summed E-state index contributed by atoms with van der Waals surface area (Å²) in [4.78, 5) is 1.08. The molecule has 0 saturated heterocycles. The lowest BCUT2D eigenvalue weighted by atomic mass is 10.3. The van der Waals surface area contributed by atoms with Gasteiger partial charge in [-0.2, -0.15) is 4.31 Å². The van der Waals surface area contributed by atoms with E-state index in [1.54, 1.807) is 18.4 Å². The van der Waals surface area contributed by atoms with Gasteiger partial charge in [-0.15, -0.1) is 11.3 Å². The molecule has 6 heteroatoms. The van der Waals surface area contributed by atoms with Gasteiger partial charge in [-0.1, -0.05) is 6.07 Å². The number of thiophene rings is 1. The van der Waals surface area contributed by atoms with Crippen molar-refractivity contribution in [2.45, 2.75) is 38.3 Å². The molecular formula is C13H22N2O2S2. The Labute approximate surface area is 119 Å². The molecule has 1 fully saturated rings. The van der Waals surface area contributed by atoms with Crippen molar-refractivity contribution < 1.29 is 8.42 Å². The highest BCUT2D eigenvalue weighted by Gasteiger charge is 2.20. The Kier molecular flexibility index (Phi) is 5.38.